The summed E-state index contributed by atoms with van der Waals surface area (Å²) in [6, 6.07) is 22.5. The molecule has 1 amide bonds. The summed E-state index contributed by atoms with van der Waals surface area (Å²) in [6.07, 6.45) is 2.88. The number of nitrogens with one attached hydrogen (secondary N) is 1. The third-order valence-electron chi connectivity index (χ3n) is 5.39. The number of para-hydroxylation sites is 1. The summed E-state index contributed by atoms with van der Waals surface area (Å²) in [5.74, 6) is 0.645. The van der Waals surface area contributed by atoms with Gasteiger partial charge in [-0.25, -0.2) is 4.79 Å². The van der Waals surface area contributed by atoms with E-state index in [1.54, 1.807) is 72.8 Å². The number of halogens is 3. The lowest BCUT2D eigenvalue weighted by Gasteiger charge is -2.08. The fourth-order valence-corrected chi connectivity index (χ4v) is 4.46. The Bertz CT molecular complexity index is 1700. The highest BCUT2D eigenvalue weighted by Gasteiger charge is 2.13. The SMILES string of the molecule is O=C(C=Cc1ccc(-c2ccc(Cl)cc2Cl)o1)Nc1ccc(-c2cc3ccccc3oc2=O)c(Cl)c1. The van der Waals surface area contributed by atoms with Crippen LogP contribution in [0.1, 0.15) is 5.76 Å². The van der Waals surface area contributed by atoms with Crippen molar-refractivity contribution in [3.05, 3.63) is 116 Å². The van der Waals surface area contributed by atoms with Crippen molar-refractivity contribution in [2.45, 2.75) is 0 Å². The molecule has 5 aromatic rings. The molecule has 3 aromatic carbocycles. The topological polar surface area (TPSA) is 72.5 Å². The minimum Gasteiger partial charge on any atom is -0.457 e. The van der Waals surface area contributed by atoms with Crippen molar-refractivity contribution in [3.8, 4) is 22.5 Å². The van der Waals surface area contributed by atoms with Gasteiger partial charge in [-0.2, -0.15) is 0 Å². The van der Waals surface area contributed by atoms with E-state index in [1.807, 2.05) is 12.1 Å². The Hall–Kier alpha value is -3.77. The molecule has 0 fully saturated rings. The molecular weight excluding hydrogens is 521 g/mol. The summed E-state index contributed by atoms with van der Waals surface area (Å²) >= 11 is 18.6. The highest BCUT2D eigenvalue weighted by Crippen LogP contribution is 2.32. The predicted molar refractivity (Wildman–Crippen MR) is 145 cm³/mol. The lowest BCUT2D eigenvalue weighted by molar-refractivity contribution is -0.111. The predicted octanol–water partition coefficient (Wildman–Crippen LogP) is 8.33. The first-order valence-corrected chi connectivity index (χ1v) is 11.9. The summed E-state index contributed by atoms with van der Waals surface area (Å²) in [6.45, 7) is 0. The molecule has 36 heavy (non-hydrogen) atoms. The molecule has 0 aliphatic carbocycles. The van der Waals surface area contributed by atoms with Crippen LogP contribution in [-0.4, -0.2) is 5.91 Å². The van der Waals surface area contributed by atoms with Gasteiger partial charge in [0, 0.05) is 33.3 Å². The Labute approximate surface area is 220 Å². The Morgan fingerprint density at radius 1 is 0.778 bits per heavy atom. The average Bonchev–Trinajstić information content (AvgIpc) is 3.31. The van der Waals surface area contributed by atoms with Crippen LogP contribution < -0.4 is 10.9 Å². The molecule has 0 aliphatic heterocycles. The smallest absolute Gasteiger partial charge is 0.344 e. The van der Waals surface area contributed by atoms with Crippen LogP contribution in [0.15, 0.2) is 98.6 Å². The van der Waals surface area contributed by atoms with Crippen molar-refractivity contribution in [3.63, 3.8) is 0 Å². The Morgan fingerprint density at radius 2 is 1.56 bits per heavy atom. The van der Waals surface area contributed by atoms with E-state index in [-0.39, 0.29) is 5.91 Å². The maximum atomic E-state index is 12.5. The standard InChI is InChI=1S/C28H16Cl3NO4/c29-17-5-9-21(23(30)14-17)26-11-7-19(35-26)8-12-27(33)32-18-6-10-20(24(31)15-18)22-13-16-3-1-2-4-25(16)36-28(22)34/h1-15H,(H,32,33). The monoisotopic (exact) mass is 535 g/mol. The molecule has 0 saturated heterocycles. The molecule has 5 rings (SSSR count). The summed E-state index contributed by atoms with van der Waals surface area (Å²) < 4.78 is 11.2. The van der Waals surface area contributed by atoms with Crippen molar-refractivity contribution < 1.29 is 13.6 Å². The lowest BCUT2D eigenvalue weighted by Crippen LogP contribution is -2.08. The Balaban J connectivity index is 1.30. The third kappa shape index (κ3) is 5.09. The first-order chi connectivity index (χ1) is 17.4. The van der Waals surface area contributed by atoms with E-state index in [4.69, 9.17) is 43.6 Å². The number of anilines is 1. The second-order valence-corrected chi connectivity index (χ2v) is 9.08. The number of rotatable bonds is 5. The summed E-state index contributed by atoms with van der Waals surface area (Å²) in [5.41, 5.74) is 2.02. The summed E-state index contributed by atoms with van der Waals surface area (Å²) in [4.78, 5) is 24.9. The van der Waals surface area contributed by atoms with Gasteiger partial charge in [-0.15, -0.1) is 0 Å². The fraction of sp³-hybridized carbons (Fsp3) is 0. The maximum Gasteiger partial charge on any atom is 0.344 e. The zero-order valence-corrected chi connectivity index (χ0v) is 20.7. The molecule has 2 aromatic heterocycles. The van der Waals surface area contributed by atoms with Crippen LogP contribution in [-0.2, 0) is 4.79 Å². The number of benzene rings is 3. The second-order valence-electron chi connectivity index (χ2n) is 7.83. The number of amides is 1. The van der Waals surface area contributed by atoms with Crippen molar-refractivity contribution in [1.29, 1.82) is 0 Å². The lowest BCUT2D eigenvalue weighted by atomic mass is 10.1. The van der Waals surface area contributed by atoms with Gasteiger partial charge in [0.2, 0.25) is 5.91 Å². The highest BCUT2D eigenvalue weighted by atomic mass is 35.5. The normalized spacial score (nSPS) is 11.3. The molecule has 8 heteroatoms. The van der Waals surface area contributed by atoms with Gasteiger partial charge < -0.3 is 14.2 Å². The third-order valence-corrected chi connectivity index (χ3v) is 6.25. The van der Waals surface area contributed by atoms with Gasteiger partial charge in [-0.05, 0) is 60.7 Å². The van der Waals surface area contributed by atoms with E-state index in [0.29, 0.717) is 54.5 Å². The van der Waals surface area contributed by atoms with Gasteiger partial charge >= 0.3 is 5.63 Å². The van der Waals surface area contributed by atoms with Gasteiger partial charge in [0.1, 0.15) is 17.1 Å². The number of hydrogen-bond donors (Lipinski definition) is 1. The van der Waals surface area contributed by atoms with E-state index in [1.165, 1.54) is 6.08 Å². The van der Waals surface area contributed by atoms with Crippen molar-refractivity contribution in [2.24, 2.45) is 0 Å². The van der Waals surface area contributed by atoms with Crippen LogP contribution >= 0.6 is 34.8 Å². The largest absolute Gasteiger partial charge is 0.457 e. The van der Waals surface area contributed by atoms with Crippen molar-refractivity contribution in [2.75, 3.05) is 5.32 Å². The first kappa shape index (κ1) is 23.9. The number of fused-ring (bicyclic) bond motifs is 1. The summed E-state index contributed by atoms with van der Waals surface area (Å²) in [5, 5.41) is 4.82. The molecule has 2 heterocycles. The number of hydrogen-bond acceptors (Lipinski definition) is 4. The van der Waals surface area contributed by atoms with Gasteiger partial charge in [-0.1, -0.05) is 59.1 Å². The average molecular weight is 537 g/mol. The van der Waals surface area contributed by atoms with Gasteiger partial charge in [-0.3, -0.25) is 4.79 Å². The van der Waals surface area contributed by atoms with Crippen molar-refractivity contribution >= 4 is 63.4 Å². The highest BCUT2D eigenvalue weighted by molar-refractivity contribution is 6.36. The van der Waals surface area contributed by atoms with Crippen LogP contribution in [0.25, 0.3) is 39.5 Å². The van der Waals surface area contributed by atoms with Crippen LogP contribution in [0.4, 0.5) is 5.69 Å². The minimum absolute atomic E-state index is 0.301. The van der Waals surface area contributed by atoms with Gasteiger partial charge in [0.25, 0.3) is 0 Å². The van der Waals surface area contributed by atoms with Crippen LogP contribution in [0.5, 0.6) is 0 Å². The van der Waals surface area contributed by atoms with Crippen LogP contribution in [0, 0.1) is 0 Å². The van der Waals surface area contributed by atoms with Crippen LogP contribution in [0.3, 0.4) is 0 Å². The molecule has 5 nitrogen and oxygen atoms in total. The van der Waals surface area contributed by atoms with E-state index < -0.39 is 5.63 Å². The van der Waals surface area contributed by atoms with E-state index >= 15 is 0 Å². The Kier molecular flexibility index (Phi) is 6.70. The number of carbonyl (C=O) groups is 1. The Morgan fingerprint density at radius 3 is 2.36 bits per heavy atom. The zero-order chi connectivity index (χ0) is 25.2. The molecule has 0 aliphatic rings. The molecule has 178 valence electrons. The first-order valence-electron chi connectivity index (χ1n) is 10.7. The summed E-state index contributed by atoms with van der Waals surface area (Å²) in [7, 11) is 0. The van der Waals surface area contributed by atoms with E-state index in [9.17, 15) is 9.59 Å². The minimum atomic E-state index is -0.493. The number of furan rings is 1. The van der Waals surface area contributed by atoms with E-state index in [2.05, 4.69) is 5.32 Å². The molecule has 0 saturated carbocycles. The molecular formula is C28H16Cl3NO4. The quantitative estimate of drug-likeness (QED) is 0.181. The molecule has 0 bridgehead atoms. The fourth-order valence-electron chi connectivity index (χ4n) is 3.68. The van der Waals surface area contributed by atoms with Crippen LogP contribution in [0.2, 0.25) is 15.1 Å². The molecule has 0 unspecified atom stereocenters. The molecule has 0 spiro atoms. The number of carbonyl (C=O) groups excluding carboxylic acids is 1. The molecule has 0 atom stereocenters. The van der Waals surface area contributed by atoms with Gasteiger partial charge in [0.15, 0.2) is 0 Å². The van der Waals surface area contributed by atoms with E-state index in [0.717, 1.165) is 5.39 Å². The second kappa shape index (κ2) is 10.1. The van der Waals surface area contributed by atoms with Crippen molar-refractivity contribution in [1.82, 2.24) is 0 Å². The molecule has 0 radical (unpaired) electrons. The molecule has 1 N–H and O–H groups in total. The van der Waals surface area contributed by atoms with Gasteiger partial charge in [0.05, 0.1) is 15.6 Å². The maximum absolute atomic E-state index is 12.5. The zero-order valence-electron chi connectivity index (χ0n) is 18.4.